The Kier molecular flexibility index (Phi) is 5.37. The van der Waals surface area contributed by atoms with E-state index in [4.69, 9.17) is 0 Å². The number of aliphatic hydroxyl groups excluding tert-OH is 1. The minimum atomic E-state index is 0.261. The Balaban J connectivity index is 1.51. The van der Waals surface area contributed by atoms with Crippen LogP contribution in [0.1, 0.15) is 19.3 Å². The van der Waals surface area contributed by atoms with Crippen molar-refractivity contribution in [2.75, 3.05) is 31.6 Å². The summed E-state index contributed by atoms with van der Waals surface area (Å²) in [5.74, 6) is 0. The summed E-state index contributed by atoms with van der Waals surface area (Å²) in [6.45, 7) is 3.11. The summed E-state index contributed by atoms with van der Waals surface area (Å²) < 4.78 is 0. The largest absolute Gasteiger partial charge is 0.395 e. The standard InChI is InChI=1S/C16H22N4OS/c21-12-14-8-4-5-10-20(14)11-9-17-16-19-18-15(22-16)13-6-2-1-3-7-13/h1-3,6-7,14,21H,4-5,8-12H2,(H,17,19). The number of hydrogen-bond donors (Lipinski definition) is 2. The highest BCUT2D eigenvalue weighted by molar-refractivity contribution is 7.18. The average molecular weight is 318 g/mol. The van der Waals surface area contributed by atoms with E-state index in [1.165, 1.54) is 12.8 Å². The summed E-state index contributed by atoms with van der Waals surface area (Å²) in [4.78, 5) is 2.37. The maximum atomic E-state index is 9.42. The van der Waals surface area contributed by atoms with Crippen LogP contribution in [-0.4, -0.2) is 52.5 Å². The van der Waals surface area contributed by atoms with E-state index in [1.54, 1.807) is 11.3 Å². The zero-order chi connectivity index (χ0) is 15.2. The lowest BCUT2D eigenvalue weighted by Crippen LogP contribution is -2.43. The number of likely N-dealkylation sites (tertiary alicyclic amines) is 1. The maximum absolute atomic E-state index is 9.42. The topological polar surface area (TPSA) is 61.3 Å². The molecular weight excluding hydrogens is 296 g/mol. The molecule has 6 heteroatoms. The van der Waals surface area contributed by atoms with Crippen molar-refractivity contribution in [3.8, 4) is 10.6 Å². The molecule has 0 bridgehead atoms. The number of hydrogen-bond acceptors (Lipinski definition) is 6. The molecular formula is C16H22N4OS. The third-order valence-corrected chi connectivity index (χ3v) is 5.01. The third kappa shape index (κ3) is 3.82. The highest BCUT2D eigenvalue weighted by Crippen LogP contribution is 2.25. The first kappa shape index (κ1) is 15.4. The highest BCUT2D eigenvalue weighted by atomic mass is 32.1. The lowest BCUT2D eigenvalue weighted by Gasteiger charge is -2.34. The van der Waals surface area contributed by atoms with Gasteiger partial charge in [-0.25, -0.2) is 0 Å². The predicted molar refractivity (Wildman–Crippen MR) is 90.1 cm³/mol. The van der Waals surface area contributed by atoms with Crippen LogP contribution in [0.4, 0.5) is 5.13 Å². The molecule has 1 aliphatic rings. The van der Waals surface area contributed by atoms with Gasteiger partial charge in [-0.15, -0.1) is 10.2 Å². The number of aliphatic hydroxyl groups is 1. The molecule has 0 saturated carbocycles. The Morgan fingerprint density at radius 2 is 2.09 bits per heavy atom. The zero-order valence-corrected chi connectivity index (χ0v) is 13.4. The Labute approximate surface area is 135 Å². The summed E-state index contributed by atoms with van der Waals surface area (Å²) in [6.07, 6.45) is 3.56. The van der Waals surface area contributed by atoms with Gasteiger partial charge in [0.25, 0.3) is 0 Å². The molecule has 0 radical (unpaired) electrons. The Bertz CT molecular complexity index is 575. The summed E-state index contributed by atoms with van der Waals surface area (Å²) in [7, 11) is 0. The number of piperidine rings is 1. The monoisotopic (exact) mass is 318 g/mol. The van der Waals surface area contributed by atoms with E-state index in [9.17, 15) is 5.11 Å². The Morgan fingerprint density at radius 1 is 1.23 bits per heavy atom. The summed E-state index contributed by atoms with van der Waals surface area (Å²) in [6, 6.07) is 10.4. The van der Waals surface area contributed by atoms with E-state index in [1.807, 2.05) is 30.3 Å². The van der Waals surface area contributed by atoms with E-state index in [0.29, 0.717) is 6.04 Å². The molecule has 2 N–H and O–H groups in total. The second kappa shape index (κ2) is 7.67. The van der Waals surface area contributed by atoms with E-state index in [-0.39, 0.29) is 6.61 Å². The first-order valence-corrected chi connectivity index (χ1v) is 8.66. The number of rotatable bonds is 6. The third-order valence-electron chi connectivity index (χ3n) is 4.08. The van der Waals surface area contributed by atoms with Crippen molar-refractivity contribution >= 4 is 16.5 Å². The SMILES string of the molecule is OCC1CCCCN1CCNc1nnc(-c2ccccc2)s1. The van der Waals surface area contributed by atoms with Gasteiger partial charge in [0.15, 0.2) is 0 Å². The molecule has 22 heavy (non-hydrogen) atoms. The quantitative estimate of drug-likeness (QED) is 0.857. The summed E-state index contributed by atoms with van der Waals surface area (Å²) in [5, 5.41) is 23.0. The molecule has 2 aromatic rings. The molecule has 0 amide bonds. The number of nitrogens with zero attached hydrogens (tertiary/aromatic N) is 3. The molecule has 1 aromatic carbocycles. The lowest BCUT2D eigenvalue weighted by atomic mass is 10.0. The molecule has 1 unspecified atom stereocenters. The summed E-state index contributed by atoms with van der Waals surface area (Å²) >= 11 is 1.58. The number of nitrogens with one attached hydrogen (secondary N) is 1. The van der Waals surface area contributed by atoms with Gasteiger partial charge in [0.1, 0.15) is 5.01 Å². The van der Waals surface area contributed by atoms with Crippen LogP contribution in [0.2, 0.25) is 0 Å². The predicted octanol–water partition coefficient (Wildman–Crippen LogP) is 2.46. The molecule has 1 saturated heterocycles. The van der Waals surface area contributed by atoms with Crippen molar-refractivity contribution in [2.24, 2.45) is 0 Å². The Hall–Kier alpha value is -1.50. The van der Waals surface area contributed by atoms with Crippen LogP contribution in [-0.2, 0) is 0 Å². The van der Waals surface area contributed by atoms with Gasteiger partial charge in [0.05, 0.1) is 6.61 Å². The average Bonchev–Trinajstić information content (AvgIpc) is 3.05. The fraction of sp³-hybridized carbons (Fsp3) is 0.500. The number of benzene rings is 1. The van der Waals surface area contributed by atoms with E-state index in [2.05, 4.69) is 20.4 Å². The molecule has 5 nitrogen and oxygen atoms in total. The molecule has 3 rings (SSSR count). The second-order valence-electron chi connectivity index (χ2n) is 5.57. The van der Waals surface area contributed by atoms with E-state index in [0.717, 1.165) is 41.8 Å². The summed E-state index contributed by atoms with van der Waals surface area (Å²) in [5.41, 5.74) is 1.10. The number of aromatic nitrogens is 2. The molecule has 1 atom stereocenters. The minimum absolute atomic E-state index is 0.261. The fourth-order valence-corrected chi connectivity index (χ4v) is 3.63. The molecule has 1 aromatic heterocycles. The first-order chi connectivity index (χ1) is 10.9. The van der Waals surface area contributed by atoms with E-state index >= 15 is 0 Å². The first-order valence-electron chi connectivity index (χ1n) is 7.84. The van der Waals surface area contributed by atoms with Crippen LogP contribution in [0.3, 0.4) is 0 Å². The van der Waals surface area contributed by atoms with Gasteiger partial charge in [-0.3, -0.25) is 4.90 Å². The minimum Gasteiger partial charge on any atom is -0.395 e. The van der Waals surface area contributed by atoms with Crippen molar-refractivity contribution in [1.82, 2.24) is 15.1 Å². The van der Waals surface area contributed by atoms with Crippen LogP contribution in [0, 0.1) is 0 Å². The van der Waals surface area contributed by atoms with Crippen LogP contribution >= 0.6 is 11.3 Å². The van der Waals surface area contributed by atoms with E-state index < -0.39 is 0 Å². The van der Waals surface area contributed by atoms with Gasteiger partial charge >= 0.3 is 0 Å². The van der Waals surface area contributed by atoms with Gasteiger partial charge in [-0.05, 0) is 19.4 Å². The van der Waals surface area contributed by atoms with Crippen LogP contribution in [0.25, 0.3) is 10.6 Å². The van der Waals surface area contributed by atoms with Crippen molar-refractivity contribution in [1.29, 1.82) is 0 Å². The van der Waals surface area contributed by atoms with Gasteiger partial charge in [0, 0.05) is 24.7 Å². The normalized spacial score (nSPS) is 19.2. The fourth-order valence-electron chi connectivity index (χ4n) is 2.86. The van der Waals surface area contributed by atoms with Crippen molar-refractivity contribution < 1.29 is 5.11 Å². The molecule has 2 heterocycles. The van der Waals surface area contributed by atoms with Gasteiger partial charge in [-0.2, -0.15) is 0 Å². The zero-order valence-electron chi connectivity index (χ0n) is 12.6. The van der Waals surface area contributed by atoms with Crippen molar-refractivity contribution in [3.05, 3.63) is 30.3 Å². The van der Waals surface area contributed by atoms with Crippen molar-refractivity contribution in [3.63, 3.8) is 0 Å². The maximum Gasteiger partial charge on any atom is 0.206 e. The highest BCUT2D eigenvalue weighted by Gasteiger charge is 2.20. The second-order valence-corrected chi connectivity index (χ2v) is 6.55. The smallest absolute Gasteiger partial charge is 0.206 e. The van der Waals surface area contributed by atoms with Crippen LogP contribution in [0.15, 0.2) is 30.3 Å². The van der Waals surface area contributed by atoms with Gasteiger partial charge in [0.2, 0.25) is 5.13 Å². The van der Waals surface area contributed by atoms with Crippen LogP contribution in [0.5, 0.6) is 0 Å². The molecule has 0 spiro atoms. The molecule has 0 aliphatic carbocycles. The number of anilines is 1. The van der Waals surface area contributed by atoms with Gasteiger partial charge < -0.3 is 10.4 Å². The van der Waals surface area contributed by atoms with Gasteiger partial charge in [-0.1, -0.05) is 48.1 Å². The Morgan fingerprint density at radius 3 is 2.91 bits per heavy atom. The molecule has 1 aliphatic heterocycles. The molecule has 1 fully saturated rings. The lowest BCUT2D eigenvalue weighted by molar-refractivity contribution is 0.0940. The molecule has 118 valence electrons. The van der Waals surface area contributed by atoms with Crippen molar-refractivity contribution in [2.45, 2.75) is 25.3 Å². The van der Waals surface area contributed by atoms with Crippen LogP contribution < -0.4 is 5.32 Å².